The van der Waals surface area contributed by atoms with Crippen molar-refractivity contribution in [2.75, 3.05) is 38.2 Å². The molecule has 5 rings (SSSR count). The van der Waals surface area contributed by atoms with Crippen LogP contribution < -0.4 is 15.2 Å². The highest BCUT2D eigenvalue weighted by Gasteiger charge is 2.25. The van der Waals surface area contributed by atoms with Crippen molar-refractivity contribution in [2.24, 2.45) is 0 Å². The van der Waals surface area contributed by atoms with E-state index in [4.69, 9.17) is 27.9 Å². The third-order valence-electron chi connectivity index (χ3n) is 6.28. The molecule has 3 aromatic heterocycles. The Morgan fingerprint density at radius 2 is 1.92 bits per heavy atom. The van der Waals surface area contributed by atoms with Gasteiger partial charge in [-0.3, -0.25) is 14.0 Å². The number of aromatic amines is 1. The number of rotatable bonds is 5. The van der Waals surface area contributed by atoms with Gasteiger partial charge in [0.05, 0.1) is 17.7 Å². The van der Waals surface area contributed by atoms with E-state index >= 15 is 0 Å². The lowest BCUT2D eigenvalue weighted by atomic mass is 10.0. The summed E-state index contributed by atoms with van der Waals surface area (Å²) in [6, 6.07) is 9.55. The molecule has 0 atom stereocenters. The number of nitrogens with zero attached hydrogens (tertiary/aromatic N) is 4. The number of ether oxygens (including phenoxy) is 1. The van der Waals surface area contributed by atoms with Gasteiger partial charge in [-0.1, -0.05) is 29.3 Å². The zero-order chi connectivity index (χ0) is 25.4. The zero-order valence-corrected chi connectivity index (χ0v) is 20.8. The molecule has 1 saturated heterocycles. The Bertz CT molecular complexity index is 1510. The van der Waals surface area contributed by atoms with E-state index in [1.807, 2.05) is 6.07 Å². The number of hydrogen-bond donors (Lipinski definition) is 1. The van der Waals surface area contributed by atoms with E-state index in [0.29, 0.717) is 55.1 Å². The molecule has 1 N–H and O–H groups in total. The SMILES string of the molecule is COc1ccnc(N2CCN(C(=O)c3cc(Cc4c[nH]c(=O)c5cc(Cl)c(Cl)n45)ccc3F)CC2)c1. The van der Waals surface area contributed by atoms with Crippen LogP contribution in [0.2, 0.25) is 10.2 Å². The number of pyridine rings is 1. The number of methoxy groups -OCH3 is 1. The fourth-order valence-electron chi connectivity index (χ4n) is 4.39. The van der Waals surface area contributed by atoms with Gasteiger partial charge in [-0.2, -0.15) is 0 Å². The van der Waals surface area contributed by atoms with E-state index < -0.39 is 5.82 Å². The van der Waals surface area contributed by atoms with E-state index in [9.17, 15) is 14.0 Å². The fourth-order valence-corrected chi connectivity index (χ4v) is 4.83. The van der Waals surface area contributed by atoms with Gasteiger partial charge in [0.2, 0.25) is 0 Å². The van der Waals surface area contributed by atoms with Crippen LogP contribution in [0.15, 0.2) is 53.6 Å². The van der Waals surface area contributed by atoms with E-state index in [-0.39, 0.29) is 27.2 Å². The molecule has 1 aliphatic rings. The first-order chi connectivity index (χ1) is 17.4. The third kappa shape index (κ3) is 4.52. The summed E-state index contributed by atoms with van der Waals surface area (Å²) in [6.45, 7) is 1.99. The summed E-state index contributed by atoms with van der Waals surface area (Å²) in [7, 11) is 1.60. The highest BCUT2D eigenvalue weighted by molar-refractivity contribution is 6.42. The van der Waals surface area contributed by atoms with E-state index in [0.717, 1.165) is 5.82 Å². The van der Waals surface area contributed by atoms with Crippen molar-refractivity contribution in [1.82, 2.24) is 19.3 Å². The van der Waals surface area contributed by atoms with Crippen LogP contribution in [0.5, 0.6) is 5.75 Å². The first kappa shape index (κ1) is 24.1. The number of anilines is 1. The van der Waals surface area contributed by atoms with Crippen molar-refractivity contribution in [3.8, 4) is 5.75 Å². The van der Waals surface area contributed by atoms with Gasteiger partial charge < -0.3 is 19.5 Å². The molecule has 1 fully saturated rings. The van der Waals surface area contributed by atoms with Crippen LogP contribution in [0.4, 0.5) is 10.2 Å². The number of carbonyl (C=O) groups excluding carboxylic acids is 1. The van der Waals surface area contributed by atoms with Crippen molar-refractivity contribution in [3.05, 3.63) is 92.0 Å². The molecular formula is C25H22Cl2FN5O3. The van der Waals surface area contributed by atoms with Crippen LogP contribution in [0.1, 0.15) is 21.6 Å². The van der Waals surface area contributed by atoms with Crippen molar-refractivity contribution >= 4 is 40.4 Å². The van der Waals surface area contributed by atoms with Gasteiger partial charge in [-0.25, -0.2) is 9.37 Å². The van der Waals surface area contributed by atoms with Crippen LogP contribution in [-0.2, 0) is 6.42 Å². The van der Waals surface area contributed by atoms with Gasteiger partial charge in [0.1, 0.15) is 28.1 Å². The molecule has 0 radical (unpaired) electrons. The number of H-pyrrole nitrogens is 1. The first-order valence-corrected chi connectivity index (χ1v) is 12.0. The molecular weight excluding hydrogens is 508 g/mol. The number of halogens is 3. The second-order valence-electron chi connectivity index (χ2n) is 8.44. The molecule has 4 heterocycles. The quantitative estimate of drug-likeness (QED) is 0.422. The molecule has 0 bridgehead atoms. The van der Waals surface area contributed by atoms with Crippen molar-refractivity contribution in [2.45, 2.75) is 6.42 Å². The van der Waals surface area contributed by atoms with Crippen LogP contribution in [0, 0.1) is 5.82 Å². The maximum atomic E-state index is 14.7. The van der Waals surface area contributed by atoms with Crippen molar-refractivity contribution < 1.29 is 13.9 Å². The predicted molar refractivity (Wildman–Crippen MR) is 136 cm³/mol. The molecule has 8 nitrogen and oxygen atoms in total. The molecule has 1 amide bonds. The van der Waals surface area contributed by atoms with Gasteiger partial charge in [0.25, 0.3) is 11.5 Å². The van der Waals surface area contributed by atoms with Gasteiger partial charge in [-0.05, 0) is 29.8 Å². The summed E-state index contributed by atoms with van der Waals surface area (Å²) in [5.74, 6) is 0.516. The highest BCUT2D eigenvalue weighted by Crippen LogP contribution is 2.27. The lowest BCUT2D eigenvalue weighted by Crippen LogP contribution is -2.49. The molecule has 0 spiro atoms. The van der Waals surface area contributed by atoms with Crippen LogP contribution in [-0.4, -0.2) is 58.5 Å². The van der Waals surface area contributed by atoms with Crippen LogP contribution >= 0.6 is 23.2 Å². The third-order valence-corrected chi connectivity index (χ3v) is 7.03. The molecule has 0 unspecified atom stereocenters. The maximum Gasteiger partial charge on any atom is 0.272 e. The normalized spacial score (nSPS) is 13.9. The van der Waals surface area contributed by atoms with Gasteiger partial charge in [0.15, 0.2) is 0 Å². The summed E-state index contributed by atoms with van der Waals surface area (Å²) in [5.41, 5.74) is 1.31. The van der Waals surface area contributed by atoms with E-state index in [1.165, 1.54) is 18.3 Å². The Morgan fingerprint density at radius 1 is 1.14 bits per heavy atom. The number of nitrogens with one attached hydrogen (secondary N) is 1. The second-order valence-corrected chi connectivity index (χ2v) is 9.20. The minimum Gasteiger partial charge on any atom is -0.497 e. The Morgan fingerprint density at radius 3 is 2.67 bits per heavy atom. The monoisotopic (exact) mass is 529 g/mol. The summed E-state index contributed by atoms with van der Waals surface area (Å²) in [5, 5.41) is 0.474. The molecule has 36 heavy (non-hydrogen) atoms. The summed E-state index contributed by atoms with van der Waals surface area (Å²) in [4.78, 5) is 36.1. The van der Waals surface area contributed by atoms with Gasteiger partial charge >= 0.3 is 0 Å². The number of fused-ring (bicyclic) bond motifs is 1. The number of hydrogen-bond acceptors (Lipinski definition) is 5. The number of amides is 1. The average Bonchev–Trinajstić information content (AvgIpc) is 3.21. The fraction of sp³-hybridized carbons (Fsp3) is 0.240. The molecule has 186 valence electrons. The number of aromatic nitrogens is 3. The Labute approximate surface area is 215 Å². The summed E-state index contributed by atoms with van der Waals surface area (Å²) >= 11 is 12.4. The molecule has 1 aromatic carbocycles. The maximum absolute atomic E-state index is 14.7. The van der Waals surface area contributed by atoms with Gasteiger partial charge in [-0.15, -0.1) is 0 Å². The minimum atomic E-state index is -0.589. The topological polar surface area (TPSA) is 82.9 Å². The predicted octanol–water partition coefficient (Wildman–Crippen LogP) is 4.03. The molecule has 0 aliphatic carbocycles. The standard InChI is InChI=1S/C25H22Cl2FN5O3/c1-36-17-4-5-29-22(12-17)31-6-8-32(9-7-31)25(35)18-11-15(2-3-20(18)28)10-16-14-30-24(34)21-13-19(26)23(27)33(16)21/h2-5,11-14H,6-10H2,1H3,(H,30,34). The summed E-state index contributed by atoms with van der Waals surface area (Å²) in [6.07, 6.45) is 3.51. The minimum absolute atomic E-state index is 0.00207. The molecule has 11 heteroatoms. The van der Waals surface area contributed by atoms with Crippen molar-refractivity contribution in [1.29, 1.82) is 0 Å². The average molecular weight is 530 g/mol. The number of piperazine rings is 1. The smallest absolute Gasteiger partial charge is 0.272 e. The molecule has 0 saturated carbocycles. The molecule has 4 aromatic rings. The van der Waals surface area contributed by atoms with Gasteiger partial charge in [0, 0.05) is 56.8 Å². The first-order valence-electron chi connectivity index (χ1n) is 11.3. The largest absolute Gasteiger partial charge is 0.497 e. The lowest BCUT2D eigenvalue weighted by molar-refractivity contribution is 0.0741. The Hall–Kier alpha value is -3.56. The second kappa shape index (κ2) is 9.83. The number of carbonyl (C=O) groups is 1. The number of benzene rings is 1. The van der Waals surface area contributed by atoms with E-state index in [1.54, 1.807) is 40.8 Å². The van der Waals surface area contributed by atoms with E-state index in [2.05, 4.69) is 14.9 Å². The zero-order valence-electron chi connectivity index (χ0n) is 19.3. The van der Waals surface area contributed by atoms with Crippen LogP contribution in [0.25, 0.3) is 5.52 Å². The van der Waals surface area contributed by atoms with Crippen LogP contribution in [0.3, 0.4) is 0 Å². The highest BCUT2D eigenvalue weighted by atomic mass is 35.5. The van der Waals surface area contributed by atoms with Crippen molar-refractivity contribution in [3.63, 3.8) is 0 Å². The summed E-state index contributed by atoms with van der Waals surface area (Å²) < 4.78 is 21.6. The Balaban J connectivity index is 1.34. The lowest BCUT2D eigenvalue weighted by Gasteiger charge is -2.35. The molecule has 1 aliphatic heterocycles. The Kier molecular flexibility index (Phi) is 6.59.